The molecule has 0 aromatic carbocycles. The number of carboxylic acid groups (broad SMARTS) is 1. The zero-order chi connectivity index (χ0) is 22.2. The molecular formula is C26H43NO4. The Morgan fingerprint density at radius 2 is 1.87 bits per heavy atom. The number of rotatable bonds is 7. The Morgan fingerprint density at radius 3 is 2.61 bits per heavy atom. The second kappa shape index (κ2) is 9.03. The zero-order valence-electron chi connectivity index (χ0n) is 19.8. The van der Waals surface area contributed by atoms with Crippen LogP contribution in [0.4, 0.5) is 0 Å². The number of nitrogens with one attached hydrogen (secondary N) is 1. The minimum Gasteiger partial charge on any atom is -0.480 e. The van der Waals surface area contributed by atoms with Gasteiger partial charge in [0.25, 0.3) is 0 Å². The number of carbonyl (C=O) groups excluding carboxylic acids is 1. The number of amides is 1. The topological polar surface area (TPSA) is 75.6 Å². The van der Waals surface area contributed by atoms with Crippen molar-refractivity contribution in [1.29, 1.82) is 0 Å². The lowest BCUT2D eigenvalue weighted by Gasteiger charge is -2.62. The molecule has 0 aromatic rings. The van der Waals surface area contributed by atoms with Crippen molar-refractivity contribution in [2.24, 2.45) is 40.4 Å². The highest BCUT2D eigenvalue weighted by Gasteiger charge is 2.63. The van der Waals surface area contributed by atoms with E-state index in [1.54, 1.807) is 0 Å². The molecule has 0 heterocycles. The molecule has 1 amide bonds. The van der Waals surface area contributed by atoms with Crippen molar-refractivity contribution >= 4 is 11.9 Å². The van der Waals surface area contributed by atoms with Gasteiger partial charge in [0.15, 0.2) is 0 Å². The molecule has 5 heteroatoms. The van der Waals surface area contributed by atoms with Gasteiger partial charge in [-0.3, -0.25) is 9.59 Å². The first kappa shape index (κ1) is 23.1. The molecule has 31 heavy (non-hydrogen) atoms. The number of aliphatic carboxylic acids is 1. The van der Waals surface area contributed by atoms with E-state index in [9.17, 15) is 9.59 Å². The van der Waals surface area contributed by atoms with Gasteiger partial charge in [0.1, 0.15) is 6.54 Å². The van der Waals surface area contributed by atoms with Crippen molar-refractivity contribution in [3.8, 4) is 0 Å². The zero-order valence-corrected chi connectivity index (χ0v) is 19.8. The van der Waals surface area contributed by atoms with Gasteiger partial charge in [-0.1, -0.05) is 26.7 Å². The average molecular weight is 434 g/mol. The summed E-state index contributed by atoms with van der Waals surface area (Å²) in [6.45, 7) is 4.83. The van der Waals surface area contributed by atoms with E-state index in [4.69, 9.17) is 9.84 Å². The first-order valence-electron chi connectivity index (χ1n) is 12.8. The van der Waals surface area contributed by atoms with Crippen molar-refractivity contribution in [3.05, 3.63) is 0 Å². The summed E-state index contributed by atoms with van der Waals surface area (Å²) in [6, 6.07) is 0. The van der Waals surface area contributed by atoms with Gasteiger partial charge in [-0.25, -0.2) is 0 Å². The van der Waals surface area contributed by atoms with Gasteiger partial charge in [0.05, 0.1) is 6.10 Å². The summed E-state index contributed by atoms with van der Waals surface area (Å²) in [5, 5.41) is 11.2. The molecule has 0 aliphatic heterocycles. The van der Waals surface area contributed by atoms with Crippen molar-refractivity contribution in [2.75, 3.05) is 13.7 Å². The summed E-state index contributed by atoms with van der Waals surface area (Å²) < 4.78 is 6.26. The fourth-order valence-corrected chi connectivity index (χ4v) is 8.95. The van der Waals surface area contributed by atoms with Crippen LogP contribution in [-0.4, -0.2) is 36.7 Å². The third-order valence-electron chi connectivity index (χ3n) is 10.5. The predicted molar refractivity (Wildman–Crippen MR) is 121 cm³/mol. The predicted octanol–water partition coefficient (Wildman–Crippen LogP) is 5.03. The Bertz CT molecular complexity index is 680. The van der Waals surface area contributed by atoms with Crippen LogP contribution >= 0.6 is 0 Å². The molecule has 4 fully saturated rings. The first-order chi connectivity index (χ1) is 14.8. The monoisotopic (exact) mass is 433 g/mol. The van der Waals surface area contributed by atoms with Crippen molar-refractivity contribution < 1.29 is 19.4 Å². The largest absolute Gasteiger partial charge is 0.480 e. The van der Waals surface area contributed by atoms with Crippen LogP contribution in [0.2, 0.25) is 0 Å². The quantitative estimate of drug-likeness (QED) is 0.590. The van der Waals surface area contributed by atoms with E-state index < -0.39 is 5.97 Å². The van der Waals surface area contributed by atoms with Crippen LogP contribution in [0.3, 0.4) is 0 Å². The number of hydrogen-bond donors (Lipinski definition) is 2. The number of carbonyl (C=O) groups is 2. The van der Waals surface area contributed by atoms with Gasteiger partial charge in [0, 0.05) is 13.5 Å². The van der Waals surface area contributed by atoms with E-state index in [-0.39, 0.29) is 17.9 Å². The molecule has 0 spiro atoms. The van der Waals surface area contributed by atoms with E-state index in [1.807, 2.05) is 7.11 Å². The minimum atomic E-state index is -0.986. The highest BCUT2D eigenvalue weighted by Crippen LogP contribution is 2.68. The van der Waals surface area contributed by atoms with Crippen LogP contribution in [0, 0.1) is 40.4 Å². The smallest absolute Gasteiger partial charge is 0.322 e. The Morgan fingerprint density at radius 1 is 1.06 bits per heavy atom. The van der Waals surface area contributed by atoms with E-state index in [1.165, 1.54) is 57.8 Å². The second-order valence-corrected chi connectivity index (χ2v) is 11.6. The molecule has 4 saturated carbocycles. The molecule has 4 rings (SSSR count). The average Bonchev–Trinajstić information content (AvgIpc) is 3.08. The van der Waals surface area contributed by atoms with E-state index in [0.717, 1.165) is 36.5 Å². The van der Waals surface area contributed by atoms with Gasteiger partial charge < -0.3 is 15.2 Å². The Labute approximate surface area is 188 Å². The molecule has 4 aliphatic rings. The lowest BCUT2D eigenvalue weighted by atomic mass is 9.44. The summed E-state index contributed by atoms with van der Waals surface area (Å²) in [4.78, 5) is 22.6. The first-order valence-corrected chi connectivity index (χ1v) is 12.8. The molecule has 5 nitrogen and oxygen atoms in total. The summed E-state index contributed by atoms with van der Waals surface area (Å²) in [5.74, 6) is 2.81. The third kappa shape index (κ3) is 4.05. The number of ether oxygens (including phenoxy) is 1. The molecule has 0 aromatic heterocycles. The minimum absolute atomic E-state index is 0.141. The molecule has 0 radical (unpaired) electrons. The highest BCUT2D eigenvalue weighted by atomic mass is 16.5. The summed E-state index contributed by atoms with van der Waals surface area (Å²) in [5.41, 5.74) is 0.727. The van der Waals surface area contributed by atoms with Gasteiger partial charge in [-0.05, 0) is 98.2 Å². The molecule has 8 unspecified atom stereocenters. The van der Waals surface area contributed by atoms with Crippen LogP contribution in [0.5, 0.6) is 0 Å². The van der Waals surface area contributed by atoms with E-state index >= 15 is 0 Å². The van der Waals surface area contributed by atoms with Gasteiger partial charge in [0.2, 0.25) is 5.91 Å². The number of hydrogen-bond acceptors (Lipinski definition) is 3. The number of fused-ring (bicyclic) bond motifs is 5. The van der Waals surface area contributed by atoms with Crippen molar-refractivity contribution in [3.63, 3.8) is 0 Å². The van der Waals surface area contributed by atoms with Gasteiger partial charge >= 0.3 is 5.97 Å². The lowest BCUT2D eigenvalue weighted by molar-refractivity contribution is -0.173. The maximum Gasteiger partial charge on any atom is 0.322 e. The molecule has 176 valence electrons. The van der Waals surface area contributed by atoms with Gasteiger partial charge in [-0.15, -0.1) is 0 Å². The van der Waals surface area contributed by atoms with Crippen LogP contribution < -0.4 is 5.32 Å². The molecule has 0 saturated heterocycles. The molecule has 8 atom stereocenters. The second-order valence-electron chi connectivity index (χ2n) is 11.6. The Hall–Kier alpha value is -1.10. The van der Waals surface area contributed by atoms with E-state index in [0.29, 0.717) is 23.9 Å². The standard InChI is InChI=1S/C26H43NO4/c1-25-14-5-4-7-17(25)10-12-19-20-13-11-18(8-6-9-23(28)27-16-24(29)30)26(20,2)22(31-3)15-21(19)25/h17-22H,4-16H2,1-3H3,(H,27,28)(H,29,30). The normalized spacial score (nSPS) is 44.1. The maximum atomic E-state index is 12.0. The highest BCUT2D eigenvalue weighted by molar-refractivity contribution is 5.80. The number of carboxylic acids is 1. The fraction of sp³-hybridized carbons (Fsp3) is 0.923. The third-order valence-corrected chi connectivity index (χ3v) is 10.5. The molecule has 4 aliphatic carbocycles. The Kier molecular flexibility index (Phi) is 6.72. The maximum absolute atomic E-state index is 12.0. The lowest BCUT2D eigenvalue weighted by Crippen LogP contribution is -2.58. The van der Waals surface area contributed by atoms with E-state index in [2.05, 4.69) is 19.2 Å². The van der Waals surface area contributed by atoms with Crippen LogP contribution in [0.25, 0.3) is 0 Å². The summed E-state index contributed by atoms with van der Waals surface area (Å²) in [6.07, 6.45) is 14.9. The van der Waals surface area contributed by atoms with Crippen LogP contribution in [0.1, 0.15) is 90.9 Å². The summed E-state index contributed by atoms with van der Waals surface area (Å²) >= 11 is 0. The molecular weight excluding hydrogens is 390 g/mol. The molecule has 0 bridgehead atoms. The fourth-order valence-electron chi connectivity index (χ4n) is 8.95. The van der Waals surface area contributed by atoms with Crippen LogP contribution in [0.15, 0.2) is 0 Å². The van der Waals surface area contributed by atoms with Gasteiger partial charge in [-0.2, -0.15) is 0 Å². The summed E-state index contributed by atoms with van der Waals surface area (Å²) in [7, 11) is 1.92. The van der Waals surface area contributed by atoms with Crippen LogP contribution in [-0.2, 0) is 14.3 Å². The van der Waals surface area contributed by atoms with Crippen molar-refractivity contribution in [1.82, 2.24) is 5.32 Å². The Balaban J connectivity index is 1.44. The molecule has 2 N–H and O–H groups in total. The van der Waals surface area contributed by atoms with Crippen molar-refractivity contribution in [2.45, 2.75) is 97.0 Å². The SMILES string of the molecule is COC1CC2C(CCC3CCCCC32C)C2CCC(CCCC(=O)NCC(=O)O)C12C. The number of methoxy groups -OCH3 is 1.